The normalized spacial score (nSPS) is 19.1. The Morgan fingerprint density at radius 2 is 1.92 bits per heavy atom. The van der Waals surface area contributed by atoms with Crippen LogP contribution in [-0.2, 0) is 10.0 Å². The van der Waals surface area contributed by atoms with Gasteiger partial charge in [0.05, 0.1) is 20.1 Å². The maximum absolute atomic E-state index is 13.1. The van der Waals surface area contributed by atoms with Crippen molar-refractivity contribution in [3.8, 4) is 0 Å². The molecular weight excluding hydrogens is 364 g/mol. The molecule has 1 aromatic heterocycles. The van der Waals surface area contributed by atoms with Crippen molar-refractivity contribution in [3.63, 3.8) is 0 Å². The minimum absolute atomic E-state index is 0.169. The highest BCUT2D eigenvalue weighted by Crippen LogP contribution is 2.34. The molecule has 136 valence electrons. The quantitative estimate of drug-likeness (QED) is 0.667. The Bertz CT molecular complexity index is 1020. The molecule has 1 aliphatic rings. The molecular formula is C20H22N2O2S2. The Morgan fingerprint density at radius 1 is 1.12 bits per heavy atom. The molecule has 2 heterocycles. The highest BCUT2D eigenvalue weighted by molar-refractivity contribution is 7.89. The molecule has 3 aromatic rings. The van der Waals surface area contributed by atoms with Crippen LogP contribution in [-0.4, -0.2) is 30.8 Å². The van der Waals surface area contributed by atoms with Gasteiger partial charge >= 0.3 is 0 Å². The number of aryl methyl sites for hydroxylation is 2. The predicted octanol–water partition coefficient (Wildman–Crippen LogP) is 4.48. The zero-order chi connectivity index (χ0) is 18.3. The molecule has 4 nitrogen and oxygen atoms in total. The number of nitrogens with zero attached hydrogens (tertiary/aromatic N) is 2. The summed E-state index contributed by atoms with van der Waals surface area (Å²) in [5.74, 6) is 0.169. The monoisotopic (exact) mass is 386 g/mol. The van der Waals surface area contributed by atoms with Crippen LogP contribution in [0.2, 0.25) is 0 Å². The van der Waals surface area contributed by atoms with Crippen molar-refractivity contribution in [3.05, 3.63) is 58.6 Å². The van der Waals surface area contributed by atoms with E-state index in [-0.39, 0.29) is 5.92 Å². The molecule has 0 bridgehead atoms. The van der Waals surface area contributed by atoms with E-state index in [1.165, 1.54) is 0 Å². The molecule has 0 radical (unpaired) electrons. The fraction of sp³-hybridized carbons (Fsp3) is 0.350. The lowest BCUT2D eigenvalue weighted by Crippen LogP contribution is -2.39. The number of thiazole rings is 1. The van der Waals surface area contributed by atoms with Gasteiger partial charge in [-0.2, -0.15) is 4.31 Å². The lowest BCUT2D eigenvalue weighted by Gasteiger charge is -2.31. The van der Waals surface area contributed by atoms with Gasteiger partial charge in [-0.1, -0.05) is 18.2 Å². The Balaban J connectivity index is 1.62. The van der Waals surface area contributed by atoms with E-state index in [2.05, 4.69) is 6.07 Å². The molecule has 1 atom stereocenters. The maximum Gasteiger partial charge on any atom is 0.243 e. The van der Waals surface area contributed by atoms with E-state index >= 15 is 0 Å². The second-order valence-corrected chi connectivity index (χ2v) is 9.97. The van der Waals surface area contributed by atoms with Crippen molar-refractivity contribution in [2.24, 2.45) is 0 Å². The van der Waals surface area contributed by atoms with Gasteiger partial charge in [0.15, 0.2) is 0 Å². The highest BCUT2D eigenvalue weighted by Gasteiger charge is 2.32. The average molecular weight is 387 g/mol. The van der Waals surface area contributed by atoms with Gasteiger partial charge < -0.3 is 0 Å². The summed E-state index contributed by atoms with van der Waals surface area (Å²) in [7, 11) is -3.46. The summed E-state index contributed by atoms with van der Waals surface area (Å²) in [5.41, 5.74) is 3.11. The van der Waals surface area contributed by atoms with Crippen LogP contribution in [0.5, 0.6) is 0 Å². The van der Waals surface area contributed by atoms with Crippen molar-refractivity contribution < 1.29 is 8.42 Å². The fourth-order valence-electron chi connectivity index (χ4n) is 3.45. The summed E-state index contributed by atoms with van der Waals surface area (Å²) in [5, 5.41) is 1.05. The highest BCUT2D eigenvalue weighted by atomic mass is 32.2. The Kier molecular flexibility index (Phi) is 4.59. The summed E-state index contributed by atoms with van der Waals surface area (Å²) in [6.07, 6.45) is 1.85. The van der Waals surface area contributed by atoms with Crippen molar-refractivity contribution in [2.75, 3.05) is 13.1 Å². The molecule has 0 amide bonds. The summed E-state index contributed by atoms with van der Waals surface area (Å²) >= 11 is 1.68. The molecule has 1 aliphatic heterocycles. The average Bonchev–Trinajstić information content (AvgIpc) is 3.08. The Morgan fingerprint density at radius 3 is 2.69 bits per heavy atom. The first kappa shape index (κ1) is 17.6. The van der Waals surface area contributed by atoms with Crippen LogP contribution in [0, 0.1) is 13.8 Å². The zero-order valence-electron chi connectivity index (χ0n) is 15.0. The molecule has 1 fully saturated rings. The van der Waals surface area contributed by atoms with E-state index in [0.717, 1.165) is 39.2 Å². The second-order valence-electron chi connectivity index (χ2n) is 6.97. The largest absolute Gasteiger partial charge is 0.243 e. The van der Waals surface area contributed by atoms with Crippen molar-refractivity contribution >= 4 is 31.6 Å². The van der Waals surface area contributed by atoms with Gasteiger partial charge in [0.2, 0.25) is 10.0 Å². The van der Waals surface area contributed by atoms with Crippen molar-refractivity contribution in [1.29, 1.82) is 0 Å². The predicted molar refractivity (Wildman–Crippen MR) is 106 cm³/mol. The first-order chi connectivity index (χ1) is 12.4. The zero-order valence-corrected chi connectivity index (χ0v) is 16.6. The number of aromatic nitrogens is 1. The smallest absolute Gasteiger partial charge is 0.241 e. The summed E-state index contributed by atoms with van der Waals surface area (Å²) in [6.45, 7) is 5.04. The standard InChI is InChI=1S/C20H22N2O2S2/c1-14-9-10-17(12-15(14)2)26(23,24)22-11-5-6-16(13-22)20-21-18-7-3-4-8-19(18)25-20/h3-4,7-10,12,16H,5-6,11,13H2,1-2H3. The molecule has 0 spiro atoms. The number of para-hydroxylation sites is 1. The lowest BCUT2D eigenvalue weighted by molar-refractivity contribution is 0.315. The lowest BCUT2D eigenvalue weighted by atomic mass is 10.0. The van der Waals surface area contributed by atoms with E-state index < -0.39 is 10.0 Å². The first-order valence-electron chi connectivity index (χ1n) is 8.88. The molecule has 6 heteroatoms. The van der Waals surface area contributed by atoms with Crippen LogP contribution in [0.4, 0.5) is 0 Å². The molecule has 0 aliphatic carbocycles. The van der Waals surface area contributed by atoms with Crippen LogP contribution in [0.15, 0.2) is 47.4 Å². The third-order valence-electron chi connectivity index (χ3n) is 5.16. The van der Waals surface area contributed by atoms with Crippen LogP contribution in [0.3, 0.4) is 0 Å². The molecule has 26 heavy (non-hydrogen) atoms. The van der Waals surface area contributed by atoms with Crippen LogP contribution < -0.4 is 0 Å². The second kappa shape index (κ2) is 6.76. The number of fused-ring (bicyclic) bond motifs is 1. The van der Waals surface area contributed by atoms with E-state index in [4.69, 9.17) is 4.98 Å². The minimum Gasteiger partial charge on any atom is -0.241 e. The van der Waals surface area contributed by atoms with Gasteiger partial charge in [0.25, 0.3) is 0 Å². The van der Waals surface area contributed by atoms with E-state index in [1.54, 1.807) is 27.8 Å². The maximum atomic E-state index is 13.1. The van der Waals surface area contributed by atoms with Gasteiger partial charge in [0.1, 0.15) is 0 Å². The van der Waals surface area contributed by atoms with E-state index in [9.17, 15) is 8.42 Å². The number of sulfonamides is 1. The van der Waals surface area contributed by atoms with Gasteiger partial charge in [0, 0.05) is 19.0 Å². The topological polar surface area (TPSA) is 50.3 Å². The Labute approximate surface area is 158 Å². The Hall–Kier alpha value is -1.76. The number of benzene rings is 2. The van der Waals surface area contributed by atoms with Gasteiger partial charge in [-0.25, -0.2) is 13.4 Å². The third kappa shape index (κ3) is 3.17. The van der Waals surface area contributed by atoms with E-state index in [1.807, 2.05) is 38.1 Å². The summed E-state index contributed by atoms with van der Waals surface area (Å²) in [4.78, 5) is 5.14. The number of hydrogen-bond donors (Lipinski definition) is 0. The van der Waals surface area contributed by atoms with Crippen LogP contribution in [0.1, 0.15) is 34.9 Å². The van der Waals surface area contributed by atoms with Gasteiger partial charge in [-0.15, -0.1) is 11.3 Å². The number of rotatable bonds is 3. The molecule has 0 saturated carbocycles. The molecule has 0 N–H and O–H groups in total. The van der Waals surface area contributed by atoms with Gasteiger partial charge in [-0.05, 0) is 62.1 Å². The summed E-state index contributed by atoms with van der Waals surface area (Å²) in [6, 6.07) is 13.5. The SMILES string of the molecule is Cc1ccc(S(=O)(=O)N2CCCC(c3nc4ccccc4s3)C2)cc1C. The van der Waals surface area contributed by atoms with Crippen LogP contribution >= 0.6 is 11.3 Å². The van der Waals surface area contributed by atoms with E-state index in [0.29, 0.717) is 18.0 Å². The minimum atomic E-state index is -3.46. The summed E-state index contributed by atoms with van der Waals surface area (Å²) < 4.78 is 29.0. The van der Waals surface area contributed by atoms with Crippen molar-refractivity contribution in [2.45, 2.75) is 37.5 Å². The molecule has 1 unspecified atom stereocenters. The fourth-order valence-corrected chi connectivity index (χ4v) is 6.15. The van der Waals surface area contributed by atoms with Crippen LogP contribution in [0.25, 0.3) is 10.2 Å². The molecule has 2 aromatic carbocycles. The van der Waals surface area contributed by atoms with Gasteiger partial charge in [-0.3, -0.25) is 0 Å². The number of hydrogen-bond acceptors (Lipinski definition) is 4. The van der Waals surface area contributed by atoms with Crippen molar-refractivity contribution in [1.82, 2.24) is 9.29 Å². The molecule has 1 saturated heterocycles. The third-order valence-corrected chi connectivity index (χ3v) is 8.22. The molecule has 4 rings (SSSR count). The first-order valence-corrected chi connectivity index (χ1v) is 11.1. The number of piperidine rings is 1.